The Balaban J connectivity index is 1.98. The van der Waals surface area contributed by atoms with E-state index in [4.69, 9.17) is 14.0 Å². The molecule has 0 amide bonds. The molecular weight excluding hydrogens is 258 g/mol. The van der Waals surface area contributed by atoms with Crippen LogP contribution in [0.25, 0.3) is 0 Å². The maximum Gasteiger partial charge on any atom is 0.227 e. The second kappa shape index (κ2) is 6.91. The van der Waals surface area contributed by atoms with Crippen LogP contribution in [0.5, 0.6) is 11.5 Å². The molecule has 2 aromatic rings. The molecule has 0 spiro atoms. The zero-order chi connectivity index (χ0) is 14.4. The SMILES string of the molecule is COc1ccc(OC)c(C(C)NCCc2ncno2)c1. The van der Waals surface area contributed by atoms with Gasteiger partial charge in [-0.1, -0.05) is 5.16 Å². The van der Waals surface area contributed by atoms with Crippen LogP contribution in [0.15, 0.2) is 29.0 Å². The van der Waals surface area contributed by atoms with Crippen LogP contribution in [0.4, 0.5) is 0 Å². The molecule has 1 aromatic carbocycles. The summed E-state index contributed by atoms with van der Waals surface area (Å²) in [6, 6.07) is 5.89. The highest BCUT2D eigenvalue weighted by molar-refractivity contribution is 5.42. The van der Waals surface area contributed by atoms with Crippen molar-refractivity contribution in [3.05, 3.63) is 36.0 Å². The molecule has 1 atom stereocenters. The van der Waals surface area contributed by atoms with Gasteiger partial charge in [-0.05, 0) is 25.1 Å². The van der Waals surface area contributed by atoms with Gasteiger partial charge >= 0.3 is 0 Å². The highest BCUT2D eigenvalue weighted by atomic mass is 16.5. The Hall–Kier alpha value is -2.08. The minimum absolute atomic E-state index is 0.128. The van der Waals surface area contributed by atoms with Crippen molar-refractivity contribution in [3.63, 3.8) is 0 Å². The van der Waals surface area contributed by atoms with Gasteiger partial charge < -0.3 is 19.3 Å². The summed E-state index contributed by atoms with van der Waals surface area (Å²) in [4.78, 5) is 3.98. The van der Waals surface area contributed by atoms with Crippen LogP contribution < -0.4 is 14.8 Å². The molecule has 0 saturated carbocycles. The van der Waals surface area contributed by atoms with Gasteiger partial charge in [-0.25, -0.2) is 0 Å². The molecular formula is C14H19N3O3. The topological polar surface area (TPSA) is 69.4 Å². The normalized spacial score (nSPS) is 12.2. The van der Waals surface area contributed by atoms with Crippen LogP contribution in [0.3, 0.4) is 0 Å². The van der Waals surface area contributed by atoms with E-state index in [9.17, 15) is 0 Å². The summed E-state index contributed by atoms with van der Waals surface area (Å²) in [5.41, 5.74) is 1.05. The number of hydrogen-bond donors (Lipinski definition) is 1. The molecule has 0 fully saturated rings. The summed E-state index contributed by atoms with van der Waals surface area (Å²) < 4.78 is 15.6. The van der Waals surface area contributed by atoms with Crippen molar-refractivity contribution in [3.8, 4) is 11.5 Å². The van der Waals surface area contributed by atoms with Crippen LogP contribution in [-0.4, -0.2) is 30.9 Å². The fraction of sp³-hybridized carbons (Fsp3) is 0.429. The molecule has 0 aliphatic carbocycles. The first-order valence-corrected chi connectivity index (χ1v) is 6.45. The van der Waals surface area contributed by atoms with E-state index in [-0.39, 0.29) is 6.04 Å². The molecule has 1 aromatic heterocycles. The lowest BCUT2D eigenvalue weighted by Gasteiger charge is -2.17. The van der Waals surface area contributed by atoms with E-state index in [1.54, 1.807) is 14.2 Å². The molecule has 20 heavy (non-hydrogen) atoms. The highest BCUT2D eigenvalue weighted by Gasteiger charge is 2.12. The second-order valence-electron chi connectivity index (χ2n) is 4.37. The zero-order valence-corrected chi connectivity index (χ0v) is 11.9. The minimum atomic E-state index is 0.128. The molecule has 6 nitrogen and oxygen atoms in total. The quantitative estimate of drug-likeness (QED) is 0.834. The average molecular weight is 277 g/mol. The lowest BCUT2D eigenvalue weighted by Crippen LogP contribution is -2.22. The number of ether oxygens (including phenoxy) is 2. The van der Waals surface area contributed by atoms with Crippen LogP contribution in [0.1, 0.15) is 24.4 Å². The van der Waals surface area contributed by atoms with E-state index in [0.717, 1.165) is 23.6 Å². The van der Waals surface area contributed by atoms with Gasteiger partial charge in [-0.2, -0.15) is 4.98 Å². The number of methoxy groups -OCH3 is 2. The Morgan fingerprint density at radius 1 is 1.30 bits per heavy atom. The molecule has 1 N–H and O–H groups in total. The predicted molar refractivity (Wildman–Crippen MR) is 74.0 cm³/mol. The van der Waals surface area contributed by atoms with Crippen LogP contribution >= 0.6 is 0 Å². The van der Waals surface area contributed by atoms with Crippen molar-refractivity contribution in [2.75, 3.05) is 20.8 Å². The van der Waals surface area contributed by atoms with E-state index in [2.05, 4.69) is 22.4 Å². The predicted octanol–water partition coefficient (Wildman–Crippen LogP) is 1.98. The van der Waals surface area contributed by atoms with E-state index in [1.165, 1.54) is 6.33 Å². The summed E-state index contributed by atoms with van der Waals surface area (Å²) in [6.45, 7) is 2.81. The Morgan fingerprint density at radius 2 is 2.15 bits per heavy atom. The van der Waals surface area contributed by atoms with Crippen molar-refractivity contribution < 1.29 is 14.0 Å². The maximum atomic E-state index is 5.38. The molecule has 0 aliphatic heterocycles. The third-order valence-electron chi connectivity index (χ3n) is 3.10. The second-order valence-corrected chi connectivity index (χ2v) is 4.37. The number of rotatable bonds is 7. The van der Waals surface area contributed by atoms with Gasteiger partial charge in [0.1, 0.15) is 11.5 Å². The van der Waals surface area contributed by atoms with Gasteiger partial charge in [0.05, 0.1) is 14.2 Å². The van der Waals surface area contributed by atoms with Crippen molar-refractivity contribution in [1.29, 1.82) is 0 Å². The van der Waals surface area contributed by atoms with Crippen LogP contribution in [-0.2, 0) is 6.42 Å². The van der Waals surface area contributed by atoms with Gasteiger partial charge in [0.25, 0.3) is 0 Å². The monoisotopic (exact) mass is 277 g/mol. The van der Waals surface area contributed by atoms with Gasteiger partial charge in [0.15, 0.2) is 6.33 Å². The van der Waals surface area contributed by atoms with E-state index < -0.39 is 0 Å². The Morgan fingerprint density at radius 3 is 2.80 bits per heavy atom. The fourth-order valence-corrected chi connectivity index (χ4v) is 1.99. The third-order valence-corrected chi connectivity index (χ3v) is 3.10. The minimum Gasteiger partial charge on any atom is -0.497 e. The number of nitrogens with one attached hydrogen (secondary N) is 1. The van der Waals surface area contributed by atoms with Gasteiger partial charge in [-0.3, -0.25) is 0 Å². The van der Waals surface area contributed by atoms with Crippen LogP contribution in [0, 0.1) is 0 Å². The highest BCUT2D eigenvalue weighted by Crippen LogP contribution is 2.29. The number of hydrogen-bond acceptors (Lipinski definition) is 6. The Kier molecular flexibility index (Phi) is 4.95. The first-order chi connectivity index (χ1) is 9.74. The molecule has 0 radical (unpaired) electrons. The van der Waals surface area contributed by atoms with E-state index in [1.807, 2.05) is 18.2 Å². The fourth-order valence-electron chi connectivity index (χ4n) is 1.99. The first kappa shape index (κ1) is 14.3. The number of nitrogens with zero attached hydrogens (tertiary/aromatic N) is 2. The van der Waals surface area contributed by atoms with Crippen molar-refractivity contribution in [2.45, 2.75) is 19.4 Å². The summed E-state index contributed by atoms with van der Waals surface area (Å²) in [5, 5.41) is 6.98. The van der Waals surface area contributed by atoms with Gasteiger partial charge in [-0.15, -0.1) is 0 Å². The summed E-state index contributed by atoms with van der Waals surface area (Å²) in [7, 11) is 3.32. The number of benzene rings is 1. The van der Waals surface area contributed by atoms with Crippen molar-refractivity contribution in [1.82, 2.24) is 15.5 Å². The van der Waals surface area contributed by atoms with Crippen molar-refractivity contribution >= 4 is 0 Å². The lowest BCUT2D eigenvalue weighted by atomic mass is 10.1. The molecule has 2 rings (SSSR count). The summed E-state index contributed by atoms with van der Waals surface area (Å²) in [5.74, 6) is 2.28. The van der Waals surface area contributed by atoms with E-state index >= 15 is 0 Å². The molecule has 0 saturated heterocycles. The molecule has 108 valence electrons. The third kappa shape index (κ3) is 3.48. The molecule has 0 bridgehead atoms. The summed E-state index contributed by atoms with van der Waals surface area (Å²) >= 11 is 0. The Labute approximate surface area is 118 Å². The Bertz CT molecular complexity index is 528. The smallest absolute Gasteiger partial charge is 0.227 e. The zero-order valence-electron chi connectivity index (χ0n) is 11.9. The molecule has 1 unspecified atom stereocenters. The molecule has 6 heteroatoms. The first-order valence-electron chi connectivity index (χ1n) is 6.45. The standard InChI is InChI=1S/C14H19N3O3/c1-10(15-7-6-14-16-9-17-20-14)12-8-11(18-2)4-5-13(12)19-3/h4-5,8-10,15H,6-7H2,1-3H3. The lowest BCUT2D eigenvalue weighted by molar-refractivity contribution is 0.370. The van der Waals surface area contributed by atoms with Crippen LogP contribution in [0.2, 0.25) is 0 Å². The largest absolute Gasteiger partial charge is 0.497 e. The molecule has 1 heterocycles. The van der Waals surface area contributed by atoms with E-state index in [0.29, 0.717) is 12.3 Å². The maximum absolute atomic E-state index is 5.38. The number of aromatic nitrogens is 2. The van der Waals surface area contributed by atoms with Crippen molar-refractivity contribution in [2.24, 2.45) is 0 Å². The van der Waals surface area contributed by atoms with Gasteiger partial charge in [0.2, 0.25) is 5.89 Å². The summed E-state index contributed by atoms with van der Waals surface area (Å²) in [6.07, 6.45) is 2.10. The molecule has 0 aliphatic rings. The average Bonchev–Trinajstić information content (AvgIpc) is 2.99. The van der Waals surface area contributed by atoms with Gasteiger partial charge in [0, 0.05) is 24.6 Å².